The summed E-state index contributed by atoms with van der Waals surface area (Å²) in [5, 5.41) is 4.49. The fourth-order valence-corrected chi connectivity index (χ4v) is 8.87. The van der Waals surface area contributed by atoms with Crippen molar-refractivity contribution in [3.63, 3.8) is 0 Å². The molecule has 40 heavy (non-hydrogen) atoms. The first-order valence-corrected chi connectivity index (χ1v) is 25.6. The SMILES string of the molecule is CCCCC[C@@](C)(/C=C/[C@@H]1/C(=N/OC)C[C@H](O[Si](C)(C)C)[C@H]1C/C=C\CCCC(=O)O[Si](C)(C)C)O[Si](C)(C)C. The van der Waals surface area contributed by atoms with Gasteiger partial charge in [-0.15, -0.1) is 0 Å². The Bertz CT molecular complexity index is 855. The van der Waals surface area contributed by atoms with Crippen molar-refractivity contribution in [3.05, 3.63) is 24.3 Å². The van der Waals surface area contributed by atoms with E-state index in [2.05, 4.69) is 82.6 Å². The minimum atomic E-state index is -1.82. The van der Waals surface area contributed by atoms with Gasteiger partial charge in [0, 0.05) is 18.8 Å². The minimum absolute atomic E-state index is 0.0693. The van der Waals surface area contributed by atoms with Gasteiger partial charge < -0.3 is 18.1 Å². The fourth-order valence-electron chi connectivity index (χ4n) is 5.35. The van der Waals surface area contributed by atoms with E-state index in [-0.39, 0.29) is 29.5 Å². The van der Waals surface area contributed by atoms with E-state index < -0.39 is 25.0 Å². The predicted molar refractivity (Wildman–Crippen MR) is 177 cm³/mol. The Morgan fingerprint density at radius 3 is 2.20 bits per heavy atom. The molecule has 0 bridgehead atoms. The molecule has 1 rings (SSSR count). The molecule has 1 saturated carbocycles. The van der Waals surface area contributed by atoms with E-state index in [1.807, 2.05) is 19.6 Å². The van der Waals surface area contributed by atoms with Crippen LogP contribution in [0.4, 0.5) is 0 Å². The number of rotatable bonds is 18. The smallest absolute Gasteiger partial charge is 0.292 e. The number of hydrogen-bond donors (Lipinski definition) is 0. The Morgan fingerprint density at radius 2 is 1.65 bits per heavy atom. The highest BCUT2D eigenvalue weighted by Gasteiger charge is 2.42. The lowest BCUT2D eigenvalue weighted by Crippen LogP contribution is -2.39. The van der Waals surface area contributed by atoms with Crippen LogP contribution in [0.25, 0.3) is 0 Å². The van der Waals surface area contributed by atoms with E-state index in [1.165, 1.54) is 12.8 Å². The molecule has 0 spiro atoms. The number of allylic oxidation sites excluding steroid dienone is 3. The highest BCUT2D eigenvalue weighted by molar-refractivity contribution is 6.71. The van der Waals surface area contributed by atoms with E-state index in [4.69, 9.17) is 18.1 Å². The van der Waals surface area contributed by atoms with Gasteiger partial charge >= 0.3 is 0 Å². The van der Waals surface area contributed by atoms with Gasteiger partial charge in [-0.05, 0) is 97.4 Å². The van der Waals surface area contributed by atoms with Crippen LogP contribution in [0.5, 0.6) is 0 Å². The molecule has 0 aliphatic heterocycles. The van der Waals surface area contributed by atoms with E-state index in [0.29, 0.717) is 6.42 Å². The zero-order valence-corrected chi connectivity index (χ0v) is 30.9. The highest BCUT2D eigenvalue weighted by Crippen LogP contribution is 2.39. The summed E-state index contributed by atoms with van der Waals surface area (Å²) in [4.78, 5) is 17.4. The second-order valence-electron chi connectivity index (χ2n) is 14.5. The lowest BCUT2D eigenvalue weighted by molar-refractivity contribution is -0.135. The van der Waals surface area contributed by atoms with Crippen LogP contribution < -0.4 is 0 Å². The second-order valence-corrected chi connectivity index (χ2v) is 27.8. The van der Waals surface area contributed by atoms with E-state index in [0.717, 1.165) is 44.2 Å². The third-order valence-electron chi connectivity index (χ3n) is 6.67. The van der Waals surface area contributed by atoms with Crippen LogP contribution in [0.3, 0.4) is 0 Å². The zero-order chi connectivity index (χ0) is 30.6. The monoisotopic (exact) mass is 611 g/mol. The first-order chi connectivity index (χ1) is 18.4. The summed E-state index contributed by atoms with van der Waals surface area (Å²) < 4.78 is 19.0. The van der Waals surface area contributed by atoms with Gasteiger partial charge in [-0.2, -0.15) is 0 Å². The van der Waals surface area contributed by atoms with Gasteiger partial charge in [-0.1, -0.05) is 55.6 Å². The number of hydrogen-bond acceptors (Lipinski definition) is 6. The molecule has 9 heteroatoms. The summed E-state index contributed by atoms with van der Waals surface area (Å²) in [5.74, 6) is 0.338. The molecule has 1 aliphatic rings. The minimum Gasteiger partial charge on any atom is -0.520 e. The molecular formula is C31H61NO5Si3. The molecule has 0 aromatic rings. The van der Waals surface area contributed by atoms with Crippen LogP contribution in [0.15, 0.2) is 29.5 Å². The van der Waals surface area contributed by atoms with Gasteiger partial charge in [-0.3, -0.25) is 4.79 Å². The molecule has 0 aromatic heterocycles. The van der Waals surface area contributed by atoms with Gasteiger partial charge in [0.2, 0.25) is 8.32 Å². The number of carbonyl (C=O) groups is 1. The Labute approximate surface area is 249 Å². The largest absolute Gasteiger partial charge is 0.520 e. The molecule has 4 atom stereocenters. The summed E-state index contributed by atoms with van der Waals surface area (Å²) in [6.07, 6.45) is 17.7. The van der Waals surface area contributed by atoms with Gasteiger partial charge in [0.05, 0.1) is 17.4 Å². The fraction of sp³-hybridized carbons (Fsp3) is 0.806. The maximum atomic E-state index is 12.1. The zero-order valence-electron chi connectivity index (χ0n) is 27.9. The summed E-state index contributed by atoms with van der Waals surface area (Å²) >= 11 is 0. The van der Waals surface area contributed by atoms with Crippen LogP contribution in [0.2, 0.25) is 58.9 Å². The standard InChI is InChI=1S/C31H61NO5Si3/c1-13-14-19-23-31(2,37-40(10,11)12)24-22-26-27(29(35-38(4,5)6)25-28(26)32-34-3)20-17-15-16-18-21-30(33)36-39(7,8)9/h15,17,22,24,26-27,29H,13-14,16,18-21,23,25H2,1-12H3/b17-15-,24-22+,32-28+/t26-,27-,29-,31-/m0/s1. The van der Waals surface area contributed by atoms with Crippen LogP contribution >= 0.6 is 0 Å². The van der Waals surface area contributed by atoms with Gasteiger partial charge in [-0.25, -0.2) is 0 Å². The summed E-state index contributed by atoms with van der Waals surface area (Å²) in [6.45, 7) is 24.2. The third-order valence-corrected chi connectivity index (χ3v) is 9.59. The molecular weight excluding hydrogens is 551 g/mol. The van der Waals surface area contributed by atoms with Gasteiger partial charge in [0.1, 0.15) is 7.11 Å². The van der Waals surface area contributed by atoms with Crippen molar-refractivity contribution in [2.45, 2.75) is 142 Å². The molecule has 0 heterocycles. The number of carbonyl (C=O) groups excluding carboxylic acids is 1. The van der Waals surface area contributed by atoms with Crippen molar-refractivity contribution >= 4 is 36.6 Å². The normalized spacial score (nSPS) is 23.3. The topological polar surface area (TPSA) is 66.4 Å². The second kappa shape index (κ2) is 16.6. The van der Waals surface area contributed by atoms with E-state index in [1.54, 1.807) is 7.11 Å². The average Bonchev–Trinajstić information content (AvgIpc) is 3.07. The van der Waals surface area contributed by atoms with Crippen molar-refractivity contribution in [1.82, 2.24) is 0 Å². The number of nitrogens with zero attached hydrogens (tertiary/aromatic N) is 1. The summed E-state index contributed by atoms with van der Waals surface area (Å²) in [6, 6.07) is 0. The van der Waals surface area contributed by atoms with Crippen LogP contribution in [0, 0.1) is 11.8 Å². The molecule has 1 aliphatic carbocycles. The molecule has 0 saturated heterocycles. The molecule has 6 nitrogen and oxygen atoms in total. The van der Waals surface area contributed by atoms with Crippen LogP contribution in [-0.2, 0) is 22.9 Å². The first-order valence-electron chi connectivity index (χ1n) is 15.4. The molecule has 0 unspecified atom stereocenters. The number of unbranched alkanes of at least 4 members (excludes halogenated alkanes) is 3. The molecule has 0 amide bonds. The Balaban J connectivity index is 3.12. The lowest BCUT2D eigenvalue weighted by atomic mass is 9.88. The van der Waals surface area contributed by atoms with Crippen LogP contribution in [-0.4, -0.2) is 55.4 Å². The first kappa shape index (κ1) is 37.0. The van der Waals surface area contributed by atoms with E-state index in [9.17, 15) is 4.79 Å². The van der Waals surface area contributed by atoms with Crippen molar-refractivity contribution in [2.24, 2.45) is 17.0 Å². The molecule has 1 fully saturated rings. The summed E-state index contributed by atoms with van der Waals surface area (Å²) in [7, 11) is -3.70. The lowest BCUT2D eigenvalue weighted by Gasteiger charge is -2.35. The molecule has 0 aromatic carbocycles. The Morgan fingerprint density at radius 1 is 0.975 bits per heavy atom. The summed E-state index contributed by atoms with van der Waals surface area (Å²) in [5.41, 5.74) is 0.763. The van der Waals surface area contributed by atoms with Crippen molar-refractivity contribution in [1.29, 1.82) is 0 Å². The predicted octanol–water partition coefficient (Wildman–Crippen LogP) is 9.09. The Kier molecular flexibility index (Phi) is 15.3. The van der Waals surface area contributed by atoms with Crippen molar-refractivity contribution in [3.8, 4) is 0 Å². The van der Waals surface area contributed by atoms with Crippen molar-refractivity contribution < 1.29 is 22.9 Å². The third kappa shape index (κ3) is 15.8. The molecule has 232 valence electrons. The Hall–Kier alpha value is -1.01. The van der Waals surface area contributed by atoms with Gasteiger partial charge in [0.15, 0.2) is 16.6 Å². The molecule has 0 radical (unpaired) electrons. The number of oxime groups is 1. The van der Waals surface area contributed by atoms with Gasteiger partial charge in [0.25, 0.3) is 5.97 Å². The maximum Gasteiger partial charge on any atom is 0.292 e. The quantitative estimate of drug-likeness (QED) is 0.0669. The highest BCUT2D eigenvalue weighted by atomic mass is 28.4. The molecule has 0 N–H and O–H groups in total. The maximum absolute atomic E-state index is 12.1. The van der Waals surface area contributed by atoms with Crippen LogP contribution in [0.1, 0.15) is 71.6 Å². The average molecular weight is 612 g/mol. The van der Waals surface area contributed by atoms with Crippen molar-refractivity contribution in [2.75, 3.05) is 7.11 Å². The van der Waals surface area contributed by atoms with E-state index >= 15 is 0 Å².